The molecule has 22 heavy (non-hydrogen) atoms. The van der Waals surface area contributed by atoms with Gasteiger partial charge in [0.25, 0.3) is 0 Å². The molecule has 0 aliphatic carbocycles. The third-order valence-electron chi connectivity index (χ3n) is 2.88. The van der Waals surface area contributed by atoms with Gasteiger partial charge >= 0.3 is 0 Å². The Morgan fingerprint density at radius 1 is 1.27 bits per heavy atom. The second-order valence-corrected chi connectivity index (χ2v) is 4.86. The summed E-state index contributed by atoms with van der Waals surface area (Å²) >= 11 is 6.14. The van der Waals surface area contributed by atoms with Crippen LogP contribution in [0.1, 0.15) is 18.2 Å². The van der Waals surface area contributed by atoms with Gasteiger partial charge in [-0.3, -0.25) is 0 Å². The van der Waals surface area contributed by atoms with Crippen LogP contribution in [0, 0.1) is 0 Å². The molecule has 0 bridgehead atoms. The van der Waals surface area contributed by atoms with E-state index < -0.39 is 0 Å². The molecule has 0 spiro atoms. The summed E-state index contributed by atoms with van der Waals surface area (Å²) in [7, 11) is 0. The van der Waals surface area contributed by atoms with Gasteiger partial charge in [0.15, 0.2) is 5.96 Å². The van der Waals surface area contributed by atoms with Crippen LogP contribution in [0.2, 0.25) is 5.02 Å². The highest BCUT2D eigenvalue weighted by Gasteiger charge is 2.01. The molecule has 1 aromatic carbocycles. The lowest BCUT2D eigenvalue weighted by molar-refractivity contribution is 0.412. The Hall–Kier alpha value is -1.28. The SMILES string of the molecule is CCNC(=NCc1ccon1)NCCc1ccccc1Cl.I. The second-order valence-electron chi connectivity index (χ2n) is 4.45. The molecule has 0 radical (unpaired) electrons. The first-order valence-electron chi connectivity index (χ1n) is 6.94. The van der Waals surface area contributed by atoms with Gasteiger partial charge in [0, 0.05) is 24.2 Å². The van der Waals surface area contributed by atoms with Gasteiger partial charge in [-0.15, -0.1) is 24.0 Å². The van der Waals surface area contributed by atoms with Crippen LogP contribution in [0.15, 0.2) is 46.1 Å². The minimum absolute atomic E-state index is 0. The van der Waals surface area contributed by atoms with Crippen molar-refractivity contribution in [2.45, 2.75) is 19.9 Å². The number of nitrogens with zero attached hydrogens (tertiary/aromatic N) is 2. The van der Waals surface area contributed by atoms with Gasteiger partial charge in [0.05, 0.1) is 6.54 Å². The van der Waals surface area contributed by atoms with Crippen molar-refractivity contribution in [3.8, 4) is 0 Å². The van der Waals surface area contributed by atoms with E-state index in [0.717, 1.165) is 41.7 Å². The number of aromatic nitrogens is 1. The fraction of sp³-hybridized carbons (Fsp3) is 0.333. The van der Waals surface area contributed by atoms with E-state index in [9.17, 15) is 0 Å². The summed E-state index contributed by atoms with van der Waals surface area (Å²) in [6, 6.07) is 9.66. The molecule has 0 unspecified atom stereocenters. The van der Waals surface area contributed by atoms with Gasteiger partial charge in [-0.1, -0.05) is 35.0 Å². The molecule has 0 atom stereocenters. The Morgan fingerprint density at radius 2 is 2.09 bits per heavy atom. The van der Waals surface area contributed by atoms with Crippen molar-refractivity contribution in [1.82, 2.24) is 15.8 Å². The van der Waals surface area contributed by atoms with E-state index in [1.54, 1.807) is 12.3 Å². The summed E-state index contributed by atoms with van der Waals surface area (Å²) in [6.45, 7) is 4.07. The quantitative estimate of drug-likeness (QED) is 0.416. The highest BCUT2D eigenvalue weighted by Crippen LogP contribution is 2.14. The van der Waals surface area contributed by atoms with Crippen LogP contribution in [-0.4, -0.2) is 24.2 Å². The number of hydrogen-bond acceptors (Lipinski definition) is 3. The molecule has 120 valence electrons. The molecule has 0 amide bonds. The lowest BCUT2D eigenvalue weighted by atomic mass is 10.1. The molecular weight excluding hydrogens is 415 g/mol. The first-order valence-corrected chi connectivity index (χ1v) is 7.32. The van der Waals surface area contributed by atoms with Crippen molar-refractivity contribution in [2.24, 2.45) is 4.99 Å². The maximum atomic E-state index is 6.14. The predicted molar refractivity (Wildman–Crippen MR) is 99.9 cm³/mol. The first-order chi connectivity index (χ1) is 10.3. The fourth-order valence-corrected chi connectivity index (χ4v) is 2.07. The lowest BCUT2D eigenvalue weighted by Gasteiger charge is -2.11. The van der Waals surface area contributed by atoms with Crippen LogP contribution in [0.5, 0.6) is 0 Å². The maximum Gasteiger partial charge on any atom is 0.191 e. The van der Waals surface area contributed by atoms with Crippen LogP contribution in [0.25, 0.3) is 0 Å². The van der Waals surface area contributed by atoms with Gasteiger partial charge in [-0.25, -0.2) is 4.99 Å². The summed E-state index contributed by atoms with van der Waals surface area (Å²) in [5.41, 5.74) is 1.93. The summed E-state index contributed by atoms with van der Waals surface area (Å²) < 4.78 is 4.78. The van der Waals surface area contributed by atoms with E-state index >= 15 is 0 Å². The average molecular weight is 435 g/mol. The lowest BCUT2D eigenvalue weighted by Crippen LogP contribution is -2.38. The van der Waals surface area contributed by atoms with Gasteiger partial charge in [0.2, 0.25) is 0 Å². The standard InChI is InChI=1S/C15H19ClN4O.HI/c1-2-17-15(19-11-13-8-10-21-20-13)18-9-7-12-5-3-4-6-14(12)16;/h3-6,8,10H,2,7,9,11H2,1H3,(H2,17,18,19);1H. The van der Waals surface area contributed by atoms with Gasteiger partial charge in [-0.2, -0.15) is 0 Å². The van der Waals surface area contributed by atoms with Crippen molar-refractivity contribution < 1.29 is 4.52 Å². The zero-order chi connectivity index (χ0) is 14.9. The monoisotopic (exact) mass is 434 g/mol. The van der Waals surface area contributed by atoms with Crippen LogP contribution in [0.3, 0.4) is 0 Å². The molecule has 0 saturated heterocycles. The smallest absolute Gasteiger partial charge is 0.191 e. The molecular formula is C15H20ClIN4O. The molecule has 0 saturated carbocycles. The van der Waals surface area contributed by atoms with Gasteiger partial charge in [-0.05, 0) is 25.0 Å². The Labute approximate surface area is 152 Å². The molecule has 0 aliphatic rings. The van der Waals surface area contributed by atoms with Crippen molar-refractivity contribution >= 4 is 41.5 Å². The highest BCUT2D eigenvalue weighted by atomic mass is 127. The molecule has 2 rings (SSSR count). The predicted octanol–water partition coefficient (Wildman–Crippen LogP) is 3.24. The van der Waals surface area contributed by atoms with Crippen LogP contribution < -0.4 is 10.6 Å². The van der Waals surface area contributed by atoms with Crippen molar-refractivity contribution in [2.75, 3.05) is 13.1 Å². The Bertz CT molecular complexity index is 575. The molecule has 1 heterocycles. The fourth-order valence-electron chi connectivity index (χ4n) is 1.84. The maximum absolute atomic E-state index is 6.14. The summed E-state index contributed by atoms with van der Waals surface area (Å²) in [5.74, 6) is 0.757. The number of aliphatic imine (C=N–C) groups is 1. The summed E-state index contributed by atoms with van der Waals surface area (Å²) in [4.78, 5) is 4.45. The van der Waals surface area contributed by atoms with Gasteiger partial charge < -0.3 is 15.2 Å². The van der Waals surface area contributed by atoms with E-state index in [0.29, 0.717) is 6.54 Å². The van der Waals surface area contributed by atoms with E-state index in [1.807, 2.05) is 31.2 Å². The van der Waals surface area contributed by atoms with Crippen molar-refractivity contribution in [3.63, 3.8) is 0 Å². The number of halogens is 2. The largest absolute Gasteiger partial charge is 0.364 e. The average Bonchev–Trinajstić information content (AvgIpc) is 3.00. The molecule has 2 N–H and O–H groups in total. The van der Waals surface area contributed by atoms with E-state index in [1.165, 1.54) is 0 Å². The number of benzene rings is 1. The van der Waals surface area contributed by atoms with E-state index in [2.05, 4.69) is 20.8 Å². The van der Waals surface area contributed by atoms with Crippen LogP contribution >= 0.6 is 35.6 Å². The Kier molecular flexibility index (Phi) is 8.91. The minimum Gasteiger partial charge on any atom is -0.364 e. The highest BCUT2D eigenvalue weighted by molar-refractivity contribution is 14.0. The molecule has 5 nitrogen and oxygen atoms in total. The summed E-state index contributed by atoms with van der Waals surface area (Å²) in [5, 5.41) is 11.1. The zero-order valence-electron chi connectivity index (χ0n) is 12.4. The Balaban J connectivity index is 0.00000242. The van der Waals surface area contributed by atoms with E-state index in [4.69, 9.17) is 16.1 Å². The number of nitrogens with one attached hydrogen (secondary N) is 2. The number of guanidine groups is 1. The van der Waals surface area contributed by atoms with E-state index in [-0.39, 0.29) is 24.0 Å². The topological polar surface area (TPSA) is 62.5 Å². The van der Waals surface area contributed by atoms with Gasteiger partial charge in [0.1, 0.15) is 12.0 Å². The first kappa shape index (κ1) is 18.8. The minimum atomic E-state index is 0. The van der Waals surface area contributed by atoms with Crippen LogP contribution in [0.4, 0.5) is 0 Å². The molecule has 1 aromatic heterocycles. The molecule has 7 heteroatoms. The third-order valence-corrected chi connectivity index (χ3v) is 3.25. The van der Waals surface area contributed by atoms with Crippen molar-refractivity contribution in [3.05, 3.63) is 52.9 Å². The van der Waals surface area contributed by atoms with Crippen molar-refractivity contribution in [1.29, 1.82) is 0 Å². The van der Waals surface area contributed by atoms with Crippen LogP contribution in [-0.2, 0) is 13.0 Å². The second kappa shape index (κ2) is 10.4. The Morgan fingerprint density at radius 3 is 2.77 bits per heavy atom. The molecule has 0 aliphatic heterocycles. The number of rotatable bonds is 6. The number of hydrogen-bond donors (Lipinski definition) is 2. The third kappa shape index (κ3) is 6.23. The normalized spacial score (nSPS) is 10.9. The summed E-state index contributed by atoms with van der Waals surface area (Å²) in [6.07, 6.45) is 2.39. The zero-order valence-corrected chi connectivity index (χ0v) is 15.5. The molecule has 2 aromatic rings. The molecule has 0 fully saturated rings.